The zero-order valence-corrected chi connectivity index (χ0v) is 7.15. The van der Waals surface area contributed by atoms with E-state index in [1.54, 1.807) is 0 Å². The molecule has 0 saturated heterocycles. The van der Waals surface area contributed by atoms with Crippen LogP contribution in [0.2, 0.25) is 0 Å². The highest BCUT2D eigenvalue weighted by molar-refractivity contribution is 6.17. The van der Waals surface area contributed by atoms with Crippen LogP contribution < -0.4 is 5.43 Å². The summed E-state index contributed by atoms with van der Waals surface area (Å²) in [5.41, 5.74) is -0.123. The summed E-state index contributed by atoms with van der Waals surface area (Å²) in [7, 11) is 0. The molecule has 1 aromatic rings. The molecule has 0 bridgehead atoms. The molecule has 0 unspecified atom stereocenters. The lowest BCUT2D eigenvalue weighted by atomic mass is 10.3. The predicted molar refractivity (Wildman–Crippen MR) is 44.1 cm³/mol. The van der Waals surface area contributed by atoms with Gasteiger partial charge in [-0.25, -0.2) is 0 Å². The van der Waals surface area contributed by atoms with Gasteiger partial charge in [0.1, 0.15) is 11.5 Å². The van der Waals surface area contributed by atoms with Crippen LogP contribution in [-0.4, -0.2) is 0 Å². The molecule has 1 rings (SSSR count). The van der Waals surface area contributed by atoms with Crippen molar-refractivity contribution in [1.82, 2.24) is 0 Å². The van der Waals surface area contributed by atoms with E-state index in [2.05, 4.69) is 0 Å². The van der Waals surface area contributed by atoms with Crippen molar-refractivity contribution in [2.45, 2.75) is 11.8 Å². The molecule has 11 heavy (non-hydrogen) atoms. The first-order chi connectivity index (χ1) is 5.26. The van der Waals surface area contributed by atoms with Crippen molar-refractivity contribution in [3.63, 3.8) is 0 Å². The third kappa shape index (κ3) is 2.24. The number of halogens is 2. The first kappa shape index (κ1) is 8.62. The Balaban J connectivity index is 3.12. The maximum absolute atomic E-state index is 10.9. The number of hydrogen-bond donors (Lipinski definition) is 0. The Labute approximate surface area is 73.7 Å². The van der Waals surface area contributed by atoms with Gasteiger partial charge in [0.25, 0.3) is 0 Å². The van der Waals surface area contributed by atoms with Gasteiger partial charge in [-0.3, -0.25) is 4.79 Å². The summed E-state index contributed by atoms with van der Waals surface area (Å²) in [6.07, 6.45) is 0. The molecule has 0 aliphatic rings. The molecule has 1 heterocycles. The molecule has 2 nitrogen and oxygen atoms in total. The monoisotopic (exact) mass is 192 g/mol. The minimum Gasteiger partial charge on any atom is -0.463 e. The maximum atomic E-state index is 10.9. The average Bonchev–Trinajstić information content (AvgIpc) is 2.03. The van der Waals surface area contributed by atoms with E-state index in [1.165, 1.54) is 12.1 Å². The van der Waals surface area contributed by atoms with Crippen molar-refractivity contribution < 1.29 is 4.42 Å². The molecule has 0 atom stereocenters. The molecule has 0 amide bonds. The summed E-state index contributed by atoms with van der Waals surface area (Å²) in [5, 5.41) is 0. The molecule has 1 aromatic heterocycles. The van der Waals surface area contributed by atoms with Gasteiger partial charge in [0.2, 0.25) is 0 Å². The summed E-state index contributed by atoms with van der Waals surface area (Å²) in [5.74, 6) is 1.30. The van der Waals surface area contributed by atoms with E-state index in [4.69, 9.17) is 27.6 Å². The second-order valence-corrected chi connectivity index (χ2v) is 2.53. The highest BCUT2D eigenvalue weighted by Gasteiger charge is 1.98. The van der Waals surface area contributed by atoms with E-state index in [0.717, 1.165) is 0 Å². The number of alkyl halides is 2. The number of hydrogen-bond acceptors (Lipinski definition) is 2. The van der Waals surface area contributed by atoms with Crippen LogP contribution in [0.4, 0.5) is 0 Å². The Hall–Kier alpha value is -0.470. The molecular weight excluding hydrogens is 187 g/mol. The smallest absolute Gasteiger partial charge is 0.185 e. The summed E-state index contributed by atoms with van der Waals surface area (Å²) < 4.78 is 5.09. The van der Waals surface area contributed by atoms with Crippen LogP contribution in [0, 0.1) is 0 Å². The van der Waals surface area contributed by atoms with Crippen LogP contribution in [0.15, 0.2) is 21.3 Å². The molecule has 0 aliphatic heterocycles. The first-order valence-corrected chi connectivity index (χ1v) is 4.08. The van der Waals surface area contributed by atoms with E-state index < -0.39 is 0 Å². The third-order valence-corrected chi connectivity index (χ3v) is 1.66. The fourth-order valence-electron chi connectivity index (χ4n) is 0.718. The molecule has 0 N–H and O–H groups in total. The van der Waals surface area contributed by atoms with Crippen molar-refractivity contribution in [1.29, 1.82) is 0 Å². The molecule has 4 heteroatoms. The SMILES string of the molecule is O=c1cc(CCl)oc(CCl)c1. The zero-order valence-electron chi connectivity index (χ0n) is 5.64. The minimum atomic E-state index is -0.123. The average molecular weight is 193 g/mol. The largest absolute Gasteiger partial charge is 0.463 e. The fraction of sp³-hybridized carbons (Fsp3) is 0.286. The van der Waals surface area contributed by atoms with Crippen LogP contribution >= 0.6 is 23.2 Å². The van der Waals surface area contributed by atoms with Crippen LogP contribution in [0.1, 0.15) is 11.5 Å². The first-order valence-electron chi connectivity index (χ1n) is 3.01. The van der Waals surface area contributed by atoms with Crippen molar-refractivity contribution in [3.8, 4) is 0 Å². The van der Waals surface area contributed by atoms with E-state index in [1.807, 2.05) is 0 Å². The van der Waals surface area contributed by atoms with Crippen LogP contribution in [-0.2, 0) is 11.8 Å². The predicted octanol–water partition coefficient (Wildman–Crippen LogP) is 2.12. The van der Waals surface area contributed by atoms with Gasteiger partial charge in [0, 0.05) is 12.1 Å². The fourth-order valence-corrected chi connectivity index (χ4v) is 0.981. The Morgan fingerprint density at radius 1 is 1.18 bits per heavy atom. The highest BCUT2D eigenvalue weighted by Crippen LogP contribution is 2.06. The Kier molecular flexibility index (Phi) is 2.97. The quantitative estimate of drug-likeness (QED) is 0.673. The lowest BCUT2D eigenvalue weighted by Gasteiger charge is -1.96. The van der Waals surface area contributed by atoms with Gasteiger partial charge in [0.15, 0.2) is 5.43 Å². The van der Waals surface area contributed by atoms with Gasteiger partial charge in [-0.05, 0) is 0 Å². The molecule has 0 aromatic carbocycles. The lowest BCUT2D eigenvalue weighted by Crippen LogP contribution is -2.00. The molecule has 60 valence electrons. The molecular formula is C7H6Cl2O2. The van der Waals surface area contributed by atoms with Crippen LogP contribution in [0.3, 0.4) is 0 Å². The van der Waals surface area contributed by atoms with E-state index >= 15 is 0 Å². The second-order valence-electron chi connectivity index (χ2n) is 1.99. The standard InChI is InChI=1S/C7H6Cl2O2/c8-3-6-1-5(10)2-7(4-9)11-6/h1-2H,3-4H2. The summed E-state index contributed by atoms with van der Waals surface area (Å²) in [4.78, 5) is 10.9. The van der Waals surface area contributed by atoms with Crippen molar-refractivity contribution in [3.05, 3.63) is 33.9 Å². The van der Waals surface area contributed by atoms with Gasteiger partial charge in [-0.2, -0.15) is 0 Å². The number of rotatable bonds is 2. The summed E-state index contributed by atoms with van der Waals surface area (Å²) in [6.45, 7) is 0. The van der Waals surface area contributed by atoms with Crippen LogP contribution in [0.5, 0.6) is 0 Å². The third-order valence-electron chi connectivity index (χ3n) is 1.13. The van der Waals surface area contributed by atoms with Crippen molar-refractivity contribution >= 4 is 23.2 Å². The normalized spacial score (nSPS) is 10.0. The summed E-state index contributed by atoms with van der Waals surface area (Å²) in [6, 6.07) is 2.70. The molecule has 0 spiro atoms. The summed E-state index contributed by atoms with van der Waals surface area (Å²) >= 11 is 10.9. The maximum Gasteiger partial charge on any atom is 0.185 e. The van der Waals surface area contributed by atoms with Gasteiger partial charge in [0.05, 0.1) is 11.8 Å². The topological polar surface area (TPSA) is 30.2 Å². The lowest BCUT2D eigenvalue weighted by molar-refractivity contribution is 0.475. The van der Waals surface area contributed by atoms with E-state index in [0.29, 0.717) is 11.5 Å². The van der Waals surface area contributed by atoms with E-state index in [-0.39, 0.29) is 17.2 Å². The van der Waals surface area contributed by atoms with Gasteiger partial charge in [-0.1, -0.05) is 0 Å². The molecule has 0 aliphatic carbocycles. The second kappa shape index (κ2) is 3.79. The highest BCUT2D eigenvalue weighted by atomic mass is 35.5. The van der Waals surface area contributed by atoms with Gasteiger partial charge < -0.3 is 4.42 Å². The molecule has 0 radical (unpaired) electrons. The minimum absolute atomic E-state index is 0.123. The van der Waals surface area contributed by atoms with Crippen LogP contribution in [0.25, 0.3) is 0 Å². The van der Waals surface area contributed by atoms with Gasteiger partial charge >= 0.3 is 0 Å². The molecule has 0 saturated carbocycles. The van der Waals surface area contributed by atoms with Crippen molar-refractivity contribution in [2.24, 2.45) is 0 Å². The molecule has 0 fully saturated rings. The Morgan fingerprint density at radius 3 is 2.00 bits per heavy atom. The van der Waals surface area contributed by atoms with E-state index in [9.17, 15) is 4.79 Å². The Morgan fingerprint density at radius 2 is 1.64 bits per heavy atom. The van der Waals surface area contributed by atoms with Crippen molar-refractivity contribution in [2.75, 3.05) is 0 Å². The zero-order chi connectivity index (χ0) is 8.27. The van der Waals surface area contributed by atoms with Gasteiger partial charge in [-0.15, -0.1) is 23.2 Å². The Bertz CT molecular complexity index is 267.